The molecule has 0 aromatic heterocycles. The van der Waals surface area contributed by atoms with Crippen LogP contribution in [0.4, 0.5) is 0 Å². The molecule has 2 saturated heterocycles. The molecule has 4 heteroatoms. The fourth-order valence-electron chi connectivity index (χ4n) is 3.15. The van der Waals surface area contributed by atoms with Gasteiger partial charge in [0.05, 0.1) is 0 Å². The van der Waals surface area contributed by atoms with Gasteiger partial charge < -0.3 is 0 Å². The Morgan fingerprint density at radius 3 is 2.60 bits per heavy atom. The maximum absolute atomic E-state index is 6.10. The number of unbranched alkanes of at least 4 members (excludes halogenated alkanes) is 1. The van der Waals surface area contributed by atoms with E-state index in [9.17, 15) is 0 Å². The van der Waals surface area contributed by atoms with E-state index in [1.165, 1.54) is 49.7 Å². The summed E-state index contributed by atoms with van der Waals surface area (Å²) in [5.74, 6) is 0.175. The summed E-state index contributed by atoms with van der Waals surface area (Å²) < 4.78 is 13.3. The topological polar surface area (TPSA) is 21.7 Å². The van der Waals surface area contributed by atoms with Gasteiger partial charge in [0.15, 0.2) is 0 Å². The number of hydrogen-bond acceptors (Lipinski definition) is 3. The molecule has 0 bridgehead atoms. The minimum atomic E-state index is -0.402. The molecule has 1 unspecified atom stereocenters. The van der Waals surface area contributed by atoms with Crippen LogP contribution in [0, 0.1) is 5.92 Å². The van der Waals surface area contributed by atoms with Crippen LogP contribution in [0.25, 0.3) is 0 Å². The SMILES string of the molecule is CCCCC(CC(=[Se])N1CCCC1)[C@H]1COC(C)(C)O1. The molecule has 0 amide bonds. The third kappa shape index (κ3) is 4.56. The molecular formula is C16H29NO2Se. The molecule has 20 heavy (non-hydrogen) atoms. The van der Waals surface area contributed by atoms with E-state index in [4.69, 9.17) is 9.47 Å². The van der Waals surface area contributed by atoms with E-state index >= 15 is 0 Å². The van der Waals surface area contributed by atoms with Crippen LogP contribution in [0.1, 0.15) is 59.3 Å². The van der Waals surface area contributed by atoms with E-state index in [2.05, 4.69) is 27.4 Å². The number of likely N-dealkylation sites (tertiary alicyclic amines) is 1. The summed E-state index contributed by atoms with van der Waals surface area (Å²) in [7, 11) is 0. The van der Waals surface area contributed by atoms with Crippen molar-refractivity contribution in [3.05, 3.63) is 0 Å². The minimum absolute atomic E-state index is 0.252. The molecule has 0 aromatic rings. The van der Waals surface area contributed by atoms with Crippen molar-refractivity contribution in [2.75, 3.05) is 19.7 Å². The summed E-state index contributed by atoms with van der Waals surface area (Å²) in [6, 6.07) is 0. The second-order valence-corrected chi connectivity index (χ2v) is 7.55. The van der Waals surface area contributed by atoms with Gasteiger partial charge >= 0.3 is 131 Å². The second kappa shape index (κ2) is 7.40. The first-order chi connectivity index (χ1) is 9.52. The number of rotatable bonds is 7. The molecule has 2 fully saturated rings. The van der Waals surface area contributed by atoms with E-state index in [-0.39, 0.29) is 6.10 Å². The van der Waals surface area contributed by atoms with Gasteiger partial charge in [-0.2, -0.15) is 0 Å². The van der Waals surface area contributed by atoms with Crippen LogP contribution in [0.2, 0.25) is 0 Å². The third-order valence-corrected chi connectivity index (χ3v) is 5.27. The van der Waals surface area contributed by atoms with Gasteiger partial charge in [0, 0.05) is 0 Å². The molecule has 0 aromatic carbocycles. The summed E-state index contributed by atoms with van der Waals surface area (Å²) in [6.45, 7) is 9.48. The van der Waals surface area contributed by atoms with Gasteiger partial charge in [-0.3, -0.25) is 0 Å². The van der Waals surface area contributed by atoms with Crippen LogP contribution in [0.5, 0.6) is 0 Å². The first kappa shape index (κ1) is 16.5. The Kier molecular flexibility index (Phi) is 6.09. The van der Waals surface area contributed by atoms with Gasteiger partial charge in [-0.05, 0) is 0 Å². The second-order valence-electron chi connectivity index (χ2n) is 6.56. The number of nitrogens with zero attached hydrogens (tertiary/aromatic N) is 1. The molecule has 0 saturated carbocycles. The predicted octanol–water partition coefficient (Wildman–Crippen LogP) is 2.73. The summed E-state index contributed by atoms with van der Waals surface area (Å²) in [6.07, 6.45) is 7.80. The van der Waals surface area contributed by atoms with Crippen LogP contribution in [-0.4, -0.2) is 56.6 Å². The van der Waals surface area contributed by atoms with Crippen LogP contribution in [0.15, 0.2) is 0 Å². The molecule has 2 aliphatic heterocycles. The molecule has 116 valence electrons. The van der Waals surface area contributed by atoms with Gasteiger partial charge in [0.25, 0.3) is 0 Å². The van der Waals surface area contributed by atoms with Gasteiger partial charge in [0.2, 0.25) is 0 Å². The van der Waals surface area contributed by atoms with Crippen molar-refractivity contribution in [3.63, 3.8) is 0 Å². The van der Waals surface area contributed by atoms with E-state index in [1.54, 1.807) is 0 Å². The molecule has 2 aliphatic rings. The molecule has 0 spiro atoms. The number of hydrogen-bond donors (Lipinski definition) is 0. The zero-order valence-corrected chi connectivity index (χ0v) is 14.9. The molecule has 0 N–H and O–H groups in total. The van der Waals surface area contributed by atoms with E-state index in [0.29, 0.717) is 5.92 Å². The van der Waals surface area contributed by atoms with Crippen molar-refractivity contribution in [3.8, 4) is 0 Å². The first-order valence-corrected chi connectivity index (χ1v) is 8.97. The van der Waals surface area contributed by atoms with Crippen molar-refractivity contribution >= 4 is 20.1 Å². The van der Waals surface area contributed by atoms with Crippen LogP contribution in [-0.2, 0) is 9.47 Å². The molecule has 2 rings (SSSR count). The third-order valence-electron chi connectivity index (χ3n) is 4.38. The zero-order chi connectivity index (χ0) is 14.6. The summed E-state index contributed by atoms with van der Waals surface area (Å²) in [5, 5.41) is 0. The Morgan fingerprint density at radius 2 is 2.05 bits per heavy atom. The number of ether oxygens (including phenoxy) is 2. The molecule has 2 heterocycles. The van der Waals surface area contributed by atoms with Gasteiger partial charge in [-0.15, -0.1) is 0 Å². The maximum atomic E-state index is 6.10. The van der Waals surface area contributed by atoms with Crippen LogP contribution < -0.4 is 0 Å². The summed E-state index contributed by atoms with van der Waals surface area (Å²) in [5.41, 5.74) is 0. The van der Waals surface area contributed by atoms with Gasteiger partial charge in [0.1, 0.15) is 0 Å². The van der Waals surface area contributed by atoms with Crippen molar-refractivity contribution in [2.45, 2.75) is 71.2 Å². The predicted molar refractivity (Wildman–Crippen MR) is 84.1 cm³/mol. The molecular weight excluding hydrogens is 317 g/mol. The summed E-state index contributed by atoms with van der Waals surface area (Å²) >= 11 is 3.32. The van der Waals surface area contributed by atoms with Gasteiger partial charge in [-0.25, -0.2) is 0 Å². The standard InChI is InChI=1S/C16H29NO2Se/c1-4-5-8-13(14-12-18-16(2,3)19-14)11-15(20)17-9-6-7-10-17/h13-14H,4-12H2,1-3H3/t13?,14-/m1/s1. The van der Waals surface area contributed by atoms with Crippen LogP contribution in [0.3, 0.4) is 0 Å². The van der Waals surface area contributed by atoms with E-state index < -0.39 is 5.79 Å². The van der Waals surface area contributed by atoms with E-state index in [1.807, 2.05) is 13.8 Å². The van der Waals surface area contributed by atoms with Crippen molar-refractivity contribution in [2.24, 2.45) is 5.92 Å². The monoisotopic (exact) mass is 347 g/mol. The molecule has 0 aliphatic carbocycles. The quantitative estimate of drug-likeness (QED) is 0.662. The average Bonchev–Trinajstić information content (AvgIpc) is 3.03. The normalized spacial score (nSPS) is 26.9. The Morgan fingerprint density at radius 1 is 1.35 bits per heavy atom. The van der Waals surface area contributed by atoms with Crippen molar-refractivity contribution in [1.29, 1.82) is 0 Å². The Balaban J connectivity index is 1.91. The zero-order valence-electron chi connectivity index (χ0n) is 13.2. The molecule has 2 atom stereocenters. The average molecular weight is 346 g/mol. The van der Waals surface area contributed by atoms with Crippen LogP contribution >= 0.6 is 0 Å². The Hall–Kier alpha value is 0.109. The first-order valence-electron chi connectivity index (χ1n) is 8.11. The van der Waals surface area contributed by atoms with Crippen molar-refractivity contribution in [1.82, 2.24) is 4.90 Å². The Labute approximate surface area is 131 Å². The van der Waals surface area contributed by atoms with Crippen molar-refractivity contribution < 1.29 is 9.47 Å². The molecule has 0 radical (unpaired) electrons. The molecule has 3 nitrogen and oxygen atoms in total. The summed E-state index contributed by atoms with van der Waals surface area (Å²) in [4.78, 5) is 2.51. The van der Waals surface area contributed by atoms with E-state index in [0.717, 1.165) is 13.0 Å². The fraction of sp³-hybridized carbons (Fsp3) is 0.938. The van der Waals surface area contributed by atoms with Gasteiger partial charge in [-0.1, -0.05) is 0 Å². The Bertz CT molecular complexity index is 326. The fourth-order valence-corrected chi connectivity index (χ4v) is 3.99.